The summed E-state index contributed by atoms with van der Waals surface area (Å²) < 4.78 is 55.9. The number of sulfone groups is 1. The molecule has 5 rings (SSSR count). The summed E-state index contributed by atoms with van der Waals surface area (Å²) in [6.07, 6.45) is -0.730. The number of rotatable bonds is 8. The van der Waals surface area contributed by atoms with Gasteiger partial charge in [0.2, 0.25) is 0 Å². The lowest BCUT2D eigenvalue weighted by molar-refractivity contribution is -0.159. The Morgan fingerprint density at radius 3 is 2.64 bits per heavy atom. The van der Waals surface area contributed by atoms with Gasteiger partial charge in [-0.05, 0) is 41.3 Å². The average molecular weight is 557 g/mol. The van der Waals surface area contributed by atoms with Crippen molar-refractivity contribution in [2.45, 2.75) is 63.9 Å². The highest BCUT2D eigenvalue weighted by atomic mass is 32.2. The van der Waals surface area contributed by atoms with Crippen molar-refractivity contribution in [3.05, 3.63) is 82.4 Å². The lowest BCUT2D eigenvalue weighted by atomic mass is 9.99. The molecule has 1 N–H and O–H groups in total. The number of hydrogen-bond acceptors (Lipinski definition) is 7. The van der Waals surface area contributed by atoms with Gasteiger partial charge < -0.3 is 10.1 Å². The predicted molar refractivity (Wildman–Crippen MR) is 140 cm³/mol. The van der Waals surface area contributed by atoms with Crippen LogP contribution in [-0.4, -0.2) is 41.1 Å². The maximum atomic E-state index is 13.6. The Hall–Kier alpha value is -3.44. The molecule has 0 spiro atoms. The van der Waals surface area contributed by atoms with E-state index < -0.39 is 22.4 Å². The number of aromatic nitrogens is 2. The van der Waals surface area contributed by atoms with Crippen molar-refractivity contribution < 1.29 is 26.7 Å². The molecule has 3 aromatic rings. The zero-order valence-corrected chi connectivity index (χ0v) is 22.8. The Labute approximate surface area is 226 Å². The Bertz CT molecular complexity index is 1510. The third-order valence-corrected chi connectivity index (χ3v) is 8.79. The SMILES string of the molecule is CCS(=O)(=O)c1ccc(CNC(=O)c2cnc3c(c2)CN(Cc2ccc4c(c2)CC(F)(F)O4)[C@H]3C(C)C)nc1. The molecule has 0 saturated heterocycles. The molecule has 4 heterocycles. The van der Waals surface area contributed by atoms with E-state index >= 15 is 0 Å². The molecule has 0 fully saturated rings. The highest BCUT2D eigenvalue weighted by Crippen LogP contribution is 2.41. The van der Waals surface area contributed by atoms with E-state index in [1.807, 2.05) is 12.1 Å². The molecule has 2 aliphatic heterocycles. The van der Waals surface area contributed by atoms with Gasteiger partial charge in [0.05, 0.1) is 46.6 Å². The molecule has 2 aliphatic rings. The molecule has 39 heavy (non-hydrogen) atoms. The number of nitrogens with one attached hydrogen (secondary N) is 1. The lowest BCUT2D eigenvalue weighted by Crippen LogP contribution is -2.26. The number of halogens is 2. The highest BCUT2D eigenvalue weighted by Gasteiger charge is 2.40. The number of ether oxygens (including phenoxy) is 1. The third-order valence-electron chi connectivity index (χ3n) is 7.08. The van der Waals surface area contributed by atoms with Crippen LogP contribution in [0.2, 0.25) is 0 Å². The van der Waals surface area contributed by atoms with Gasteiger partial charge in [-0.15, -0.1) is 0 Å². The van der Waals surface area contributed by atoms with Gasteiger partial charge in [-0.3, -0.25) is 19.7 Å². The van der Waals surface area contributed by atoms with Crippen LogP contribution in [0.1, 0.15) is 65.2 Å². The Kier molecular flexibility index (Phi) is 7.15. The fourth-order valence-electron chi connectivity index (χ4n) is 5.18. The molecule has 1 aromatic carbocycles. The number of alkyl halides is 2. The maximum Gasteiger partial charge on any atom is 0.402 e. The van der Waals surface area contributed by atoms with E-state index in [1.165, 1.54) is 12.3 Å². The molecule has 0 aliphatic carbocycles. The summed E-state index contributed by atoms with van der Waals surface area (Å²) in [5.41, 5.74) is 4.23. The fourth-order valence-corrected chi connectivity index (χ4v) is 6.00. The second-order valence-corrected chi connectivity index (χ2v) is 12.6. The minimum Gasteiger partial charge on any atom is -0.432 e. The van der Waals surface area contributed by atoms with E-state index in [1.54, 1.807) is 31.3 Å². The molecule has 206 valence electrons. The first kappa shape index (κ1) is 27.1. The summed E-state index contributed by atoms with van der Waals surface area (Å²) in [6.45, 7) is 7.05. The minimum absolute atomic E-state index is 0.00756. The van der Waals surface area contributed by atoms with Gasteiger partial charge in [0.15, 0.2) is 9.84 Å². The van der Waals surface area contributed by atoms with E-state index in [-0.39, 0.29) is 40.8 Å². The first-order valence-electron chi connectivity index (χ1n) is 12.8. The third kappa shape index (κ3) is 5.65. The molecular weight excluding hydrogens is 526 g/mol. The van der Waals surface area contributed by atoms with E-state index in [4.69, 9.17) is 4.74 Å². The standard InChI is InChI=1S/C28H30F2N4O4S/c1-4-39(36,37)23-7-6-22(31-14-23)13-33-27(35)20-10-21-16-34(26(17(2)3)25(21)32-12-20)15-18-5-8-24-19(9-18)11-28(29,30)38-24/h5-10,12,14,17,26H,4,11,13,15-16H2,1-3H3,(H,33,35)/t26-/m0/s1. The maximum absolute atomic E-state index is 13.6. The summed E-state index contributed by atoms with van der Waals surface area (Å²) in [4.78, 5) is 24.1. The molecule has 0 saturated carbocycles. The molecule has 0 bridgehead atoms. The second kappa shape index (κ2) is 10.3. The van der Waals surface area contributed by atoms with Crippen molar-refractivity contribution in [3.63, 3.8) is 0 Å². The van der Waals surface area contributed by atoms with Crippen molar-refractivity contribution in [2.24, 2.45) is 5.92 Å². The smallest absolute Gasteiger partial charge is 0.402 e. The molecular formula is C28H30F2N4O4S. The van der Waals surface area contributed by atoms with Crippen LogP contribution in [0.25, 0.3) is 0 Å². The fraction of sp³-hybridized carbons (Fsp3) is 0.393. The van der Waals surface area contributed by atoms with Gasteiger partial charge in [-0.1, -0.05) is 32.9 Å². The van der Waals surface area contributed by atoms with Crippen LogP contribution < -0.4 is 10.1 Å². The zero-order valence-electron chi connectivity index (χ0n) is 21.9. The van der Waals surface area contributed by atoms with Crippen LogP contribution in [0.3, 0.4) is 0 Å². The van der Waals surface area contributed by atoms with Gasteiger partial charge in [0, 0.05) is 31.0 Å². The summed E-state index contributed by atoms with van der Waals surface area (Å²) in [7, 11) is -3.34. The average Bonchev–Trinajstić information content (AvgIpc) is 3.41. The number of hydrogen-bond donors (Lipinski definition) is 1. The summed E-state index contributed by atoms with van der Waals surface area (Å²) in [5, 5.41) is 2.82. The van der Waals surface area contributed by atoms with E-state index in [9.17, 15) is 22.0 Å². The largest absolute Gasteiger partial charge is 0.432 e. The number of nitrogens with zero attached hydrogens (tertiary/aromatic N) is 3. The zero-order chi connectivity index (χ0) is 27.9. The first-order valence-corrected chi connectivity index (χ1v) is 14.5. The van der Waals surface area contributed by atoms with Gasteiger partial charge in [-0.2, -0.15) is 8.78 Å². The Morgan fingerprint density at radius 2 is 1.95 bits per heavy atom. The topological polar surface area (TPSA) is 101 Å². The van der Waals surface area contributed by atoms with Gasteiger partial charge in [0.1, 0.15) is 5.75 Å². The van der Waals surface area contributed by atoms with Crippen LogP contribution in [0, 0.1) is 5.92 Å². The summed E-state index contributed by atoms with van der Waals surface area (Å²) >= 11 is 0. The molecule has 2 aromatic heterocycles. The Morgan fingerprint density at radius 1 is 1.15 bits per heavy atom. The number of benzene rings is 1. The van der Waals surface area contributed by atoms with Crippen LogP contribution in [0.4, 0.5) is 8.78 Å². The van der Waals surface area contributed by atoms with Crippen molar-refractivity contribution in [1.29, 1.82) is 0 Å². The Balaban J connectivity index is 1.27. The highest BCUT2D eigenvalue weighted by molar-refractivity contribution is 7.91. The van der Waals surface area contributed by atoms with Gasteiger partial charge >= 0.3 is 6.11 Å². The minimum atomic E-state index is -3.34. The number of pyridine rings is 2. The van der Waals surface area contributed by atoms with E-state index in [0.29, 0.717) is 29.9 Å². The number of carbonyl (C=O) groups is 1. The second-order valence-electron chi connectivity index (χ2n) is 10.3. The lowest BCUT2D eigenvalue weighted by Gasteiger charge is -2.27. The quantitative estimate of drug-likeness (QED) is 0.438. The van der Waals surface area contributed by atoms with Crippen LogP contribution in [-0.2, 0) is 35.9 Å². The van der Waals surface area contributed by atoms with Crippen molar-refractivity contribution in [3.8, 4) is 5.75 Å². The van der Waals surface area contributed by atoms with Crippen molar-refractivity contribution in [2.75, 3.05) is 5.75 Å². The van der Waals surface area contributed by atoms with Crippen LogP contribution in [0.5, 0.6) is 5.75 Å². The summed E-state index contributed by atoms with van der Waals surface area (Å²) in [6, 6.07) is 10.1. The number of fused-ring (bicyclic) bond motifs is 2. The van der Waals surface area contributed by atoms with Crippen LogP contribution >= 0.6 is 0 Å². The summed E-state index contributed by atoms with van der Waals surface area (Å²) in [5.74, 6) is 0.151. The molecule has 0 unspecified atom stereocenters. The molecule has 0 radical (unpaired) electrons. The monoisotopic (exact) mass is 556 g/mol. The number of amides is 1. The molecule has 1 amide bonds. The van der Waals surface area contributed by atoms with E-state index in [2.05, 4.69) is 34.0 Å². The normalized spacial score (nSPS) is 18.1. The first-order chi connectivity index (χ1) is 18.5. The predicted octanol–water partition coefficient (Wildman–Crippen LogP) is 4.44. The van der Waals surface area contributed by atoms with Crippen molar-refractivity contribution in [1.82, 2.24) is 20.2 Å². The van der Waals surface area contributed by atoms with Gasteiger partial charge in [0.25, 0.3) is 5.91 Å². The number of carbonyl (C=O) groups excluding carboxylic acids is 1. The van der Waals surface area contributed by atoms with Crippen molar-refractivity contribution >= 4 is 15.7 Å². The molecule has 11 heteroatoms. The van der Waals surface area contributed by atoms with Gasteiger partial charge in [-0.25, -0.2) is 8.42 Å². The molecule has 8 nitrogen and oxygen atoms in total. The van der Waals surface area contributed by atoms with Crippen LogP contribution in [0.15, 0.2) is 53.7 Å². The molecule has 1 atom stereocenters. The van der Waals surface area contributed by atoms with E-state index in [0.717, 1.165) is 16.8 Å².